The molecule has 0 saturated heterocycles. The number of nitrogens with zero attached hydrogens (tertiary/aromatic N) is 4. The molecule has 4 aromatic heterocycles. The fourth-order valence-electron chi connectivity index (χ4n) is 5.87. The van der Waals surface area contributed by atoms with E-state index in [1.807, 2.05) is 36.8 Å². The number of para-hydroxylation sites is 1. The largest absolute Gasteiger partial charge is 0.309 e. The fraction of sp³-hybridized carbons (Fsp3) is 0. The molecule has 0 amide bonds. The Kier molecular flexibility index (Phi) is 6.08. The number of rotatable bonds is 5. The van der Waals surface area contributed by atoms with E-state index < -0.39 is 0 Å². The van der Waals surface area contributed by atoms with Crippen molar-refractivity contribution in [1.82, 2.24) is 19.5 Å². The Balaban J connectivity index is 1.21. The molecule has 0 aliphatic rings. The van der Waals surface area contributed by atoms with E-state index in [-0.39, 0.29) is 0 Å². The summed E-state index contributed by atoms with van der Waals surface area (Å²) < 4.78 is 2.31. The summed E-state index contributed by atoms with van der Waals surface area (Å²) in [6.07, 6.45) is 7.48. The van der Waals surface area contributed by atoms with Crippen molar-refractivity contribution in [3.8, 4) is 50.5 Å². The second-order valence-corrected chi connectivity index (χ2v) is 10.6. The quantitative estimate of drug-likeness (QED) is 0.214. The van der Waals surface area contributed by atoms with Crippen LogP contribution >= 0.6 is 0 Å². The SMILES string of the molecule is c1ccc(-c2cc(-c3ccc(-c4ccc5c(c4)c4cnccc4n5-c4ccccc4)cc3)nc(-c3cccnc3)c2)cc1. The maximum Gasteiger partial charge on any atom is 0.0731 e. The molecular formula is C39H26N4. The number of fused-ring (bicyclic) bond motifs is 3. The van der Waals surface area contributed by atoms with Gasteiger partial charge in [-0.3, -0.25) is 9.97 Å². The van der Waals surface area contributed by atoms with Crippen LogP contribution in [0.3, 0.4) is 0 Å². The molecule has 0 spiro atoms. The van der Waals surface area contributed by atoms with Gasteiger partial charge in [0.2, 0.25) is 0 Å². The van der Waals surface area contributed by atoms with Crippen LogP contribution in [0.25, 0.3) is 72.3 Å². The molecule has 4 nitrogen and oxygen atoms in total. The van der Waals surface area contributed by atoms with Gasteiger partial charge in [-0.1, -0.05) is 78.9 Å². The summed E-state index contributed by atoms with van der Waals surface area (Å²) in [6, 6.07) is 46.7. The molecule has 4 heteroatoms. The zero-order valence-corrected chi connectivity index (χ0v) is 23.3. The van der Waals surface area contributed by atoms with Crippen molar-refractivity contribution in [2.75, 3.05) is 0 Å². The van der Waals surface area contributed by atoms with Gasteiger partial charge in [-0.2, -0.15) is 0 Å². The van der Waals surface area contributed by atoms with Gasteiger partial charge in [0.05, 0.1) is 22.4 Å². The highest BCUT2D eigenvalue weighted by Crippen LogP contribution is 2.35. The molecule has 0 fully saturated rings. The van der Waals surface area contributed by atoms with E-state index in [4.69, 9.17) is 4.98 Å². The van der Waals surface area contributed by atoms with Crippen LogP contribution in [0.15, 0.2) is 158 Å². The third-order valence-electron chi connectivity index (χ3n) is 7.98. The summed E-state index contributed by atoms with van der Waals surface area (Å²) in [5.74, 6) is 0. The summed E-state index contributed by atoms with van der Waals surface area (Å²) in [5, 5.41) is 2.33. The molecule has 43 heavy (non-hydrogen) atoms. The van der Waals surface area contributed by atoms with E-state index in [9.17, 15) is 0 Å². The van der Waals surface area contributed by atoms with Gasteiger partial charge in [-0.15, -0.1) is 0 Å². The lowest BCUT2D eigenvalue weighted by Gasteiger charge is -2.11. The summed E-state index contributed by atoms with van der Waals surface area (Å²) in [4.78, 5) is 13.8. The van der Waals surface area contributed by atoms with Crippen molar-refractivity contribution in [3.05, 3.63) is 158 Å². The maximum atomic E-state index is 5.06. The smallest absolute Gasteiger partial charge is 0.0731 e. The van der Waals surface area contributed by atoms with Gasteiger partial charge in [0.1, 0.15) is 0 Å². The van der Waals surface area contributed by atoms with E-state index >= 15 is 0 Å². The number of hydrogen-bond acceptors (Lipinski definition) is 3. The third-order valence-corrected chi connectivity index (χ3v) is 7.98. The van der Waals surface area contributed by atoms with Crippen molar-refractivity contribution < 1.29 is 0 Å². The van der Waals surface area contributed by atoms with Gasteiger partial charge >= 0.3 is 0 Å². The highest BCUT2D eigenvalue weighted by atomic mass is 15.0. The Morgan fingerprint density at radius 3 is 1.79 bits per heavy atom. The zero-order chi connectivity index (χ0) is 28.6. The van der Waals surface area contributed by atoms with Crippen LogP contribution in [-0.4, -0.2) is 19.5 Å². The topological polar surface area (TPSA) is 43.6 Å². The van der Waals surface area contributed by atoms with Crippen LogP contribution in [0.2, 0.25) is 0 Å². The van der Waals surface area contributed by atoms with Gasteiger partial charge < -0.3 is 4.57 Å². The van der Waals surface area contributed by atoms with Gasteiger partial charge in [0.25, 0.3) is 0 Å². The molecule has 0 bridgehead atoms. The number of benzene rings is 4. The van der Waals surface area contributed by atoms with Gasteiger partial charge in [0.15, 0.2) is 0 Å². The van der Waals surface area contributed by atoms with Crippen LogP contribution in [0, 0.1) is 0 Å². The van der Waals surface area contributed by atoms with Crippen molar-refractivity contribution in [3.63, 3.8) is 0 Å². The Morgan fingerprint density at radius 1 is 0.395 bits per heavy atom. The van der Waals surface area contributed by atoms with E-state index in [2.05, 4.69) is 130 Å². The molecule has 0 atom stereocenters. The first-order chi connectivity index (χ1) is 21.3. The molecule has 0 aliphatic carbocycles. The lowest BCUT2D eigenvalue weighted by atomic mass is 9.98. The van der Waals surface area contributed by atoms with Crippen molar-refractivity contribution >= 4 is 21.8 Å². The second-order valence-electron chi connectivity index (χ2n) is 10.6. The molecule has 0 radical (unpaired) electrons. The van der Waals surface area contributed by atoms with Crippen LogP contribution in [-0.2, 0) is 0 Å². The lowest BCUT2D eigenvalue weighted by Crippen LogP contribution is -1.93. The average molecular weight is 551 g/mol. The minimum absolute atomic E-state index is 0.905. The van der Waals surface area contributed by atoms with E-state index in [1.165, 1.54) is 10.9 Å². The summed E-state index contributed by atoms with van der Waals surface area (Å²) in [7, 11) is 0. The first-order valence-electron chi connectivity index (χ1n) is 14.3. The highest BCUT2D eigenvalue weighted by Gasteiger charge is 2.14. The van der Waals surface area contributed by atoms with Crippen molar-refractivity contribution in [2.45, 2.75) is 0 Å². The molecule has 8 rings (SSSR count). The van der Waals surface area contributed by atoms with Gasteiger partial charge in [0, 0.05) is 52.4 Å². The van der Waals surface area contributed by atoms with Gasteiger partial charge in [-0.25, -0.2) is 4.98 Å². The molecule has 202 valence electrons. The maximum absolute atomic E-state index is 5.06. The summed E-state index contributed by atoms with van der Waals surface area (Å²) in [6.45, 7) is 0. The Morgan fingerprint density at radius 2 is 1.02 bits per heavy atom. The van der Waals surface area contributed by atoms with Crippen LogP contribution in [0.1, 0.15) is 0 Å². The molecule has 4 heterocycles. The molecule has 4 aromatic carbocycles. The first kappa shape index (κ1) is 24.9. The van der Waals surface area contributed by atoms with E-state index in [1.54, 1.807) is 6.20 Å². The average Bonchev–Trinajstić information content (AvgIpc) is 3.43. The minimum Gasteiger partial charge on any atom is -0.309 e. The lowest BCUT2D eigenvalue weighted by molar-refractivity contribution is 1.17. The van der Waals surface area contributed by atoms with E-state index in [0.717, 1.165) is 61.4 Å². The van der Waals surface area contributed by atoms with Crippen molar-refractivity contribution in [1.29, 1.82) is 0 Å². The normalized spacial score (nSPS) is 11.3. The van der Waals surface area contributed by atoms with Gasteiger partial charge in [-0.05, 0) is 76.9 Å². The Hall–Kier alpha value is -5.87. The Bertz CT molecular complexity index is 2150. The molecule has 0 unspecified atom stereocenters. The third kappa shape index (κ3) is 4.55. The Labute approximate surface area is 249 Å². The number of hydrogen-bond donors (Lipinski definition) is 0. The minimum atomic E-state index is 0.905. The fourth-order valence-corrected chi connectivity index (χ4v) is 5.87. The molecule has 8 aromatic rings. The zero-order valence-electron chi connectivity index (χ0n) is 23.3. The van der Waals surface area contributed by atoms with Crippen LogP contribution < -0.4 is 0 Å². The second kappa shape index (κ2) is 10.5. The monoisotopic (exact) mass is 550 g/mol. The summed E-state index contributed by atoms with van der Waals surface area (Å²) >= 11 is 0. The van der Waals surface area contributed by atoms with Crippen LogP contribution in [0.4, 0.5) is 0 Å². The predicted octanol–water partition coefficient (Wildman–Crippen LogP) is 9.64. The molecule has 0 aliphatic heterocycles. The number of pyridine rings is 3. The molecular weight excluding hydrogens is 524 g/mol. The first-order valence-corrected chi connectivity index (χ1v) is 14.3. The van der Waals surface area contributed by atoms with E-state index in [0.29, 0.717) is 0 Å². The van der Waals surface area contributed by atoms with Crippen LogP contribution in [0.5, 0.6) is 0 Å². The highest BCUT2D eigenvalue weighted by molar-refractivity contribution is 6.10. The number of aromatic nitrogens is 4. The predicted molar refractivity (Wildman–Crippen MR) is 176 cm³/mol. The molecule has 0 N–H and O–H groups in total. The summed E-state index contributed by atoms with van der Waals surface area (Å²) in [5.41, 5.74) is 12.0. The van der Waals surface area contributed by atoms with Crippen molar-refractivity contribution in [2.24, 2.45) is 0 Å². The standard InChI is InChI=1S/C39H26N4/c1-3-8-27(9-4-1)32-23-36(42-37(24-32)31-10-7-20-40-25-31)29-15-13-28(14-16-29)30-17-18-38-34(22-30)35-26-41-21-19-39(35)43(38)33-11-5-2-6-12-33/h1-26H. The molecule has 0 saturated carbocycles.